The van der Waals surface area contributed by atoms with Gasteiger partial charge in [-0.15, -0.1) is 0 Å². The maximum absolute atomic E-state index is 14.0. The number of aromatic nitrogens is 2. The van der Waals surface area contributed by atoms with Crippen LogP contribution in [0.2, 0.25) is 0 Å². The number of halogens is 1. The summed E-state index contributed by atoms with van der Waals surface area (Å²) in [6, 6.07) is 1.20. The molecule has 4 N–H and O–H groups in total. The van der Waals surface area contributed by atoms with Crippen LogP contribution in [0.4, 0.5) is 10.2 Å². The molecule has 1 saturated heterocycles. The van der Waals surface area contributed by atoms with E-state index in [1.165, 1.54) is 6.07 Å². The first-order valence-electron chi connectivity index (χ1n) is 4.50. The number of ether oxygens (including phenoxy) is 1. The molecule has 2 unspecified atom stereocenters. The molecular weight excluding hydrogens is 221 g/mol. The molecule has 88 valence electrons. The standard InChI is InChI=1S/C8H10FN3O4/c9-8(6(14)4(3-13)16-8)12-2-1-5(10)11-7(12)15/h1-2,4,6,13-14H,3H2,(H2,10,11,15)/t4?,6?,8-/m0/s1. The first-order valence-corrected chi connectivity index (χ1v) is 4.50. The number of nitrogens with zero attached hydrogens (tertiary/aromatic N) is 2. The molecule has 1 fully saturated rings. The van der Waals surface area contributed by atoms with Gasteiger partial charge in [0.25, 0.3) is 0 Å². The van der Waals surface area contributed by atoms with Crippen molar-refractivity contribution in [2.75, 3.05) is 12.3 Å². The van der Waals surface area contributed by atoms with E-state index >= 15 is 0 Å². The summed E-state index contributed by atoms with van der Waals surface area (Å²) in [7, 11) is 0. The van der Waals surface area contributed by atoms with Gasteiger partial charge in [-0.3, -0.25) is 0 Å². The Labute approximate surface area is 88.9 Å². The molecule has 0 saturated carbocycles. The highest BCUT2D eigenvalue weighted by Gasteiger charge is 2.58. The van der Waals surface area contributed by atoms with Gasteiger partial charge < -0.3 is 20.7 Å². The highest BCUT2D eigenvalue weighted by molar-refractivity contribution is 5.23. The lowest BCUT2D eigenvalue weighted by Gasteiger charge is -2.45. The molecule has 0 bridgehead atoms. The van der Waals surface area contributed by atoms with Crippen molar-refractivity contribution < 1.29 is 19.3 Å². The fourth-order valence-corrected chi connectivity index (χ4v) is 1.49. The summed E-state index contributed by atoms with van der Waals surface area (Å²) in [4.78, 5) is 14.6. The summed E-state index contributed by atoms with van der Waals surface area (Å²) < 4.78 is 19.1. The second kappa shape index (κ2) is 3.51. The lowest BCUT2D eigenvalue weighted by atomic mass is 10.1. The first-order chi connectivity index (χ1) is 7.49. The van der Waals surface area contributed by atoms with E-state index in [0.29, 0.717) is 4.57 Å². The van der Waals surface area contributed by atoms with Crippen LogP contribution >= 0.6 is 0 Å². The Bertz CT molecular complexity index is 465. The number of aliphatic hydroxyl groups excluding tert-OH is 2. The first kappa shape index (κ1) is 11.0. The van der Waals surface area contributed by atoms with Gasteiger partial charge >= 0.3 is 11.7 Å². The molecule has 1 aliphatic heterocycles. The van der Waals surface area contributed by atoms with E-state index in [-0.39, 0.29) is 5.82 Å². The topological polar surface area (TPSA) is 111 Å². The van der Waals surface area contributed by atoms with E-state index in [9.17, 15) is 14.3 Å². The molecule has 3 atom stereocenters. The average Bonchev–Trinajstić information content (AvgIpc) is 2.25. The van der Waals surface area contributed by atoms with Crippen LogP contribution in [0.5, 0.6) is 0 Å². The van der Waals surface area contributed by atoms with Gasteiger partial charge in [0.1, 0.15) is 11.9 Å². The summed E-state index contributed by atoms with van der Waals surface area (Å²) >= 11 is 0. The Morgan fingerprint density at radius 2 is 2.44 bits per heavy atom. The van der Waals surface area contributed by atoms with E-state index in [1.807, 2.05) is 0 Å². The van der Waals surface area contributed by atoms with Gasteiger partial charge in [0.05, 0.1) is 6.61 Å². The van der Waals surface area contributed by atoms with Crippen LogP contribution in [0.3, 0.4) is 0 Å². The number of rotatable bonds is 2. The van der Waals surface area contributed by atoms with Crippen LogP contribution in [0, 0.1) is 0 Å². The zero-order valence-electron chi connectivity index (χ0n) is 8.08. The van der Waals surface area contributed by atoms with Crippen molar-refractivity contribution in [2.45, 2.75) is 18.2 Å². The molecule has 0 aromatic carbocycles. The third-order valence-electron chi connectivity index (χ3n) is 2.37. The lowest BCUT2D eigenvalue weighted by Crippen LogP contribution is -2.66. The van der Waals surface area contributed by atoms with Crippen molar-refractivity contribution in [1.29, 1.82) is 0 Å². The van der Waals surface area contributed by atoms with Gasteiger partial charge in [-0.25, -0.2) is 9.36 Å². The van der Waals surface area contributed by atoms with Crippen molar-refractivity contribution in [3.05, 3.63) is 22.7 Å². The highest BCUT2D eigenvalue weighted by atomic mass is 19.2. The van der Waals surface area contributed by atoms with Gasteiger partial charge in [-0.05, 0) is 6.07 Å². The molecule has 2 rings (SSSR count). The fourth-order valence-electron chi connectivity index (χ4n) is 1.49. The van der Waals surface area contributed by atoms with E-state index in [4.69, 9.17) is 10.8 Å². The van der Waals surface area contributed by atoms with Crippen LogP contribution in [0.15, 0.2) is 17.1 Å². The summed E-state index contributed by atoms with van der Waals surface area (Å²) in [5.41, 5.74) is 4.25. The Morgan fingerprint density at radius 1 is 1.75 bits per heavy atom. The molecule has 0 spiro atoms. The fraction of sp³-hybridized carbons (Fsp3) is 0.500. The zero-order valence-corrected chi connectivity index (χ0v) is 8.08. The molecule has 0 aliphatic carbocycles. The van der Waals surface area contributed by atoms with Crippen molar-refractivity contribution in [3.8, 4) is 0 Å². The lowest BCUT2D eigenvalue weighted by molar-refractivity contribution is -0.401. The third kappa shape index (κ3) is 1.39. The van der Waals surface area contributed by atoms with Crippen molar-refractivity contribution in [3.63, 3.8) is 0 Å². The predicted octanol–water partition coefficient (Wildman–Crippen LogP) is -1.84. The molecule has 1 aromatic rings. The molecule has 16 heavy (non-hydrogen) atoms. The number of anilines is 1. The Balaban J connectivity index is 2.35. The van der Waals surface area contributed by atoms with Crippen molar-refractivity contribution in [1.82, 2.24) is 9.55 Å². The zero-order chi connectivity index (χ0) is 11.9. The minimum atomic E-state index is -2.69. The quantitative estimate of drug-likeness (QED) is 0.551. The minimum absolute atomic E-state index is 0.0580. The summed E-state index contributed by atoms with van der Waals surface area (Å²) in [6.07, 6.45) is -1.64. The maximum atomic E-state index is 14.0. The highest BCUT2D eigenvalue weighted by Crippen LogP contribution is 2.37. The number of hydrogen-bond acceptors (Lipinski definition) is 6. The molecule has 8 heteroatoms. The number of alkyl halides is 1. The van der Waals surface area contributed by atoms with E-state index < -0.39 is 30.5 Å². The van der Waals surface area contributed by atoms with Gasteiger partial charge in [0.2, 0.25) is 0 Å². The van der Waals surface area contributed by atoms with Crippen LogP contribution in [-0.4, -0.2) is 38.6 Å². The van der Waals surface area contributed by atoms with Crippen LogP contribution in [0.1, 0.15) is 0 Å². The second-order valence-electron chi connectivity index (χ2n) is 3.40. The minimum Gasteiger partial charge on any atom is -0.394 e. The van der Waals surface area contributed by atoms with Crippen molar-refractivity contribution in [2.24, 2.45) is 0 Å². The maximum Gasteiger partial charge on any atom is 0.354 e. The average molecular weight is 231 g/mol. The second-order valence-corrected chi connectivity index (χ2v) is 3.40. The number of aliphatic hydroxyl groups is 2. The SMILES string of the molecule is Nc1ccn([C@]2(F)OC(CO)C2O)c(=O)n1. The van der Waals surface area contributed by atoms with E-state index in [2.05, 4.69) is 9.72 Å². The third-order valence-corrected chi connectivity index (χ3v) is 2.37. The predicted molar refractivity (Wildman–Crippen MR) is 50.0 cm³/mol. The van der Waals surface area contributed by atoms with E-state index in [0.717, 1.165) is 6.20 Å². The van der Waals surface area contributed by atoms with Gasteiger partial charge in [0.15, 0.2) is 6.10 Å². The molecule has 7 nitrogen and oxygen atoms in total. The van der Waals surface area contributed by atoms with Crippen LogP contribution in [0.25, 0.3) is 0 Å². The molecule has 2 heterocycles. The Hall–Kier alpha value is -1.51. The van der Waals surface area contributed by atoms with Crippen molar-refractivity contribution >= 4 is 5.82 Å². The molecule has 1 aromatic heterocycles. The Morgan fingerprint density at radius 3 is 2.94 bits per heavy atom. The van der Waals surface area contributed by atoms with Gasteiger partial charge in [0, 0.05) is 6.20 Å². The summed E-state index contributed by atoms with van der Waals surface area (Å²) in [5.74, 6) is -2.75. The molecule has 1 aliphatic rings. The van der Waals surface area contributed by atoms with Gasteiger partial charge in [-0.1, -0.05) is 0 Å². The smallest absolute Gasteiger partial charge is 0.354 e. The molecular formula is C8H10FN3O4. The Kier molecular flexibility index (Phi) is 2.41. The number of hydrogen-bond donors (Lipinski definition) is 3. The van der Waals surface area contributed by atoms with Gasteiger partial charge in [-0.2, -0.15) is 9.37 Å². The summed E-state index contributed by atoms with van der Waals surface area (Å²) in [5, 5.41) is 18.1. The van der Waals surface area contributed by atoms with Crippen LogP contribution < -0.4 is 11.4 Å². The number of nitrogens with two attached hydrogens (primary N) is 1. The summed E-state index contributed by atoms with van der Waals surface area (Å²) in [6.45, 7) is -0.538. The normalized spacial score (nSPS) is 33.4. The van der Waals surface area contributed by atoms with E-state index in [1.54, 1.807) is 0 Å². The molecule has 0 radical (unpaired) electrons. The largest absolute Gasteiger partial charge is 0.394 e. The monoisotopic (exact) mass is 231 g/mol. The molecule has 0 amide bonds. The van der Waals surface area contributed by atoms with Crippen LogP contribution in [-0.2, 0) is 10.7 Å². The number of nitrogen functional groups attached to an aromatic ring is 1.